The average molecular weight is 520 g/mol. The zero-order valence-electron chi connectivity index (χ0n) is 18.0. The summed E-state index contributed by atoms with van der Waals surface area (Å²) in [7, 11) is 0. The number of rotatable bonds is 4. The van der Waals surface area contributed by atoms with Crippen LogP contribution < -0.4 is 11.1 Å². The number of halogens is 1. The van der Waals surface area contributed by atoms with E-state index in [1.165, 1.54) is 11.3 Å². The van der Waals surface area contributed by atoms with Crippen molar-refractivity contribution < 1.29 is 9.59 Å². The van der Waals surface area contributed by atoms with Crippen LogP contribution in [0.5, 0.6) is 0 Å². The van der Waals surface area contributed by atoms with Crippen LogP contribution in [0.3, 0.4) is 0 Å². The lowest BCUT2D eigenvalue weighted by atomic mass is 9.88. The van der Waals surface area contributed by atoms with Gasteiger partial charge in [-0.1, -0.05) is 53.2 Å². The number of nitrogens with zero attached hydrogens (tertiary/aromatic N) is 1. The molecule has 0 radical (unpaired) electrons. The Morgan fingerprint density at radius 1 is 1.15 bits per heavy atom. The van der Waals surface area contributed by atoms with Gasteiger partial charge in [-0.2, -0.15) is 0 Å². The Bertz CT molecular complexity index is 1390. The highest BCUT2D eigenvalue weighted by atomic mass is 79.9. The molecule has 2 amide bonds. The van der Waals surface area contributed by atoms with Crippen LogP contribution in [0, 0.1) is 5.92 Å². The summed E-state index contributed by atoms with van der Waals surface area (Å²) in [5, 5.41) is 4.30. The molecule has 0 saturated heterocycles. The molecular weight excluding hydrogens is 498 g/mol. The van der Waals surface area contributed by atoms with Crippen LogP contribution in [0.15, 0.2) is 59.1 Å². The van der Waals surface area contributed by atoms with Crippen molar-refractivity contribution in [3.05, 3.63) is 80.6 Å². The van der Waals surface area contributed by atoms with Gasteiger partial charge in [0.1, 0.15) is 5.00 Å². The second-order valence-corrected chi connectivity index (χ2v) is 10.5. The molecule has 5 rings (SSSR count). The molecule has 0 spiro atoms. The summed E-state index contributed by atoms with van der Waals surface area (Å²) in [5.41, 5.74) is 10.1. The maximum absolute atomic E-state index is 13.5. The van der Waals surface area contributed by atoms with Crippen LogP contribution in [-0.4, -0.2) is 16.8 Å². The van der Waals surface area contributed by atoms with Crippen molar-refractivity contribution in [2.75, 3.05) is 5.32 Å². The topological polar surface area (TPSA) is 85.1 Å². The lowest BCUT2D eigenvalue weighted by Gasteiger charge is -2.18. The maximum atomic E-state index is 13.5. The van der Waals surface area contributed by atoms with Gasteiger partial charge in [0.05, 0.1) is 22.3 Å². The lowest BCUT2D eigenvalue weighted by molar-refractivity contribution is 0.1000. The molecule has 1 aliphatic rings. The number of carbonyl (C=O) groups is 2. The fourth-order valence-corrected chi connectivity index (χ4v) is 6.08. The zero-order chi connectivity index (χ0) is 23.1. The molecule has 1 atom stereocenters. The second-order valence-electron chi connectivity index (χ2n) is 8.45. The molecule has 1 unspecified atom stereocenters. The standard InChI is InChI=1S/C26H22BrN3O2S/c1-14-6-11-18-22(12-14)33-26(23(18)24(28)31)30-25(32)19-13-21(15-7-9-16(27)10-8-15)29-20-5-3-2-4-17(19)20/h2-5,7-10,13-14H,6,11-12H2,1H3,(H2,28,31)(H,30,32). The highest BCUT2D eigenvalue weighted by Crippen LogP contribution is 2.40. The first-order valence-electron chi connectivity index (χ1n) is 10.8. The number of amides is 2. The number of nitrogens with two attached hydrogens (primary N) is 1. The van der Waals surface area contributed by atoms with E-state index in [-0.39, 0.29) is 5.91 Å². The molecule has 4 aromatic rings. The van der Waals surface area contributed by atoms with Gasteiger partial charge in [0.25, 0.3) is 11.8 Å². The van der Waals surface area contributed by atoms with Crippen molar-refractivity contribution in [1.82, 2.24) is 4.98 Å². The molecule has 0 bridgehead atoms. The molecule has 7 heteroatoms. The van der Waals surface area contributed by atoms with Gasteiger partial charge in [-0.3, -0.25) is 9.59 Å². The summed E-state index contributed by atoms with van der Waals surface area (Å²) in [6, 6.07) is 17.2. The first kappa shape index (κ1) is 21.8. The van der Waals surface area contributed by atoms with Crippen molar-refractivity contribution in [2.24, 2.45) is 11.7 Å². The van der Waals surface area contributed by atoms with E-state index in [0.29, 0.717) is 27.7 Å². The van der Waals surface area contributed by atoms with E-state index in [1.807, 2.05) is 48.5 Å². The van der Waals surface area contributed by atoms with Gasteiger partial charge in [-0.05, 0) is 55.0 Å². The summed E-state index contributed by atoms with van der Waals surface area (Å²) < 4.78 is 0.972. The molecule has 0 saturated carbocycles. The second kappa shape index (κ2) is 8.72. The number of thiophene rings is 1. The van der Waals surface area contributed by atoms with Crippen LogP contribution >= 0.6 is 27.3 Å². The summed E-state index contributed by atoms with van der Waals surface area (Å²) in [4.78, 5) is 31.7. The smallest absolute Gasteiger partial charge is 0.257 e. The predicted molar refractivity (Wildman–Crippen MR) is 137 cm³/mol. The molecule has 33 heavy (non-hydrogen) atoms. The minimum Gasteiger partial charge on any atom is -0.365 e. The molecule has 2 aromatic heterocycles. The number of anilines is 1. The van der Waals surface area contributed by atoms with Crippen LogP contribution in [0.2, 0.25) is 0 Å². The number of hydrogen-bond acceptors (Lipinski definition) is 4. The number of fused-ring (bicyclic) bond motifs is 2. The van der Waals surface area contributed by atoms with E-state index >= 15 is 0 Å². The predicted octanol–water partition coefficient (Wildman–Crippen LogP) is 6.20. The fraction of sp³-hybridized carbons (Fsp3) is 0.192. The number of primary amides is 1. The molecule has 0 fully saturated rings. The third-order valence-corrected chi connectivity index (χ3v) is 7.78. The zero-order valence-corrected chi connectivity index (χ0v) is 20.4. The summed E-state index contributed by atoms with van der Waals surface area (Å²) in [5.74, 6) is -0.216. The molecule has 1 aliphatic carbocycles. The summed E-state index contributed by atoms with van der Waals surface area (Å²) in [6.45, 7) is 2.21. The third kappa shape index (κ3) is 4.18. The molecule has 5 nitrogen and oxygen atoms in total. The van der Waals surface area contributed by atoms with Gasteiger partial charge >= 0.3 is 0 Å². The summed E-state index contributed by atoms with van der Waals surface area (Å²) in [6.07, 6.45) is 2.73. The number of para-hydroxylation sites is 1. The van der Waals surface area contributed by atoms with E-state index < -0.39 is 5.91 Å². The minimum atomic E-state index is -0.493. The first-order valence-corrected chi connectivity index (χ1v) is 12.4. The Balaban J connectivity index is 1.58. The van der Waals surface area contributed by atoms with E-state index in [4.69, 9.17) is 10.7 Å². The number of pyridine rings is 1. The highest BCUT2D eigenvalue weighted by molar-refractivity contribution is 9.10. The van der Waals surface area contributed by atoms with Gasteiger partial charge in [0, 0.05) is 20.3 Å². The van der Waals surface area contributed by atoms with E-state index in [1.54, 1.807) is 6.07 Å². The molecule has 166 valence electrons. The van der Waals surface area contributed by atoms with Crippen LogP contribution in [-0.2, 0) is 12.8 Å². The van der Waals surface area contributed by atoms with Crippen molar-refractivity contribution in [3.8, 4) is 11.3 Å². The quantitative estimate of drug-likeness (QED) is 0.336. The summed E-state index contributed by atoms with van der Waals surface area (Å²) >= 11 is 4.93. The molecule has 3 N–H and O–H groups in total. The minimum absolute atomic E-state index is 0.277. The van der Waals surface area contributed by atoms with Gasteiger partial charge in [0.2, 0.25) is 0 Å². The number of aromatic nitrogens is 1. The number of benzene rings is 2. The van der Waals surface area contributed by atoms with Crippen LogP contribution in [0.1, 0.15) is 44.5 Å². The van der Waals surface area contributed by atoms with Crippen LogP contribution in [0.25, 0.3) is 22.2 Å². The average Bonchev–Trinajstić information content (AvgIpc) is 3.15. The van der Waals surface area contributed by atoms with Gasteiger partial charge in [-0.25, -0.2) is 4.98 Å². The highest BCUT2D eigenvalue weighted by Gasteiger charge is 2.27. The van der Waals surface area contributed by atoms with Crippen molar-refractivity contribution >= 4 is 55.0 Å². The molecule has 0 aliphatic heterocycles. The Kier molecular flexibility index (Phi) is 5.76. The van der Waals surface area contributed by atoms with Gasteiger partial charge in [-0.15, -0.1) is 11.3 Å². The fourth-order valence-electron chi connectivity index (χ4n) is 4.40. The Hall–Kier alpha value is -3.03. The van der Waals surface area contributed by atoms with Crippen LogP contribution in [0.4, 0.5) is 5.00 Å². The number of nitrogens with one attached hydrogen (secondary N) is 1. The van der Waals surface area contributed by atoms with Crippen molar-refractivity contribution in [2.45, 2.75) is 26.2 Å². The molecule has 2 aromatic carbocycles. The van der Waals surface area contributed by atoms with Gasteiger partial charge in [0.15, 0.2) is 0 Å². The van der Waals surface area contributed by atoms with Gasteiger partial charge < -0.3 is 11.1 Å². The number of hydrogen-bond donors (Lipinski definition) is 2. The Labute approximate surface area is 204 Å². The maximum Gasteiger partial charge on any atom is 0.257 e. The molecular formula is C26H22BrN3O2S. The SMILES string of the molecule is CC1CCc2c(sc(NC(=O)c3cc(-c4ccc(Br)cc4)nc4ccccc34)c2C(N)=O)C1. The third-order valence-electron chi connectivity index (χ3n) is 6.09. The largest absolute Gasteiger partial charge is 0.365 e. The van der Waals surface area contributed by atoms with E-state index in [0.717, 1.165) is 50.6 Å². The molecule has 2 heterocycles. The lowest BCUT2D eigenvalue weighted by Crippen LogP contribution is -2.19. The normalized spacial score (nSPS) is 15.3. The van der Waals surface area contributed by atoms with E-state index in [9.17, 15) is 9.59 Å². The van der Waals surface area contributed by atoms with Crippen molar-refractivity contribution in [1.29, 1.82) is 0 Å². The van der Waals surface area contributed by atoms with Crippen molar-refractivity contribution in [3.63, 3.8) is 0 Å². The Morgan fingerprint density at radius 3 is 2.67 bits per heavy atom. The first-order chi connectivity index (χ1) is 15.9. The monoisotopic (exact) mass is 519 g/mol. The number of carbonyl (C=O) groups excluding carboxylic acids is 2. The van der Waals surface area contributed by atoms with E-state index in [2.05, 4.69) is 28.2 Å². The Morgan fingerprint density at radius 2 is 1.91 bits per heavy atom.